The largest absolute Gasteiger partial charge is 0.393 e. The fraction of sp³-hybridized carbons (Fsp3) is 0.526. The molecule has 4 rings (SSSR count). The minimum Gasteiger partial charge on any atom is -0.393 e. The molecule has 1 aliphatic heterocycles. The van der Waals surface area contributed by atoms with E-state index in [1.54, 1.807) is 30.3 Å². The molecule has 2 aromatic rings. The Morgan fingerprint density at radius 3 is 3.00 bits per heavy atom. The zero-order valence-corrected chi connectivity index (χ0v) is 14.8. The molecular formula is C19H23N3O4. The maximum atomic E-state index is 12.9. The van der Waals surface area contributed by atoms with Gasteiger partial charge in [0.2, 0.25) is 5.91 Å². The average molecular weight is 357 g/mol. The van der Waals surface area contributed by atoms with Crippen LogP contribution in [0.1, 0.15) is 25.7 Å². The first-order chi connectivity index (χ1) is 12.5. The third kappa shape index (κ3) is 2.71. The highest BCUT2D eigenvalue weighted by atomic mass is 16.5. The summed E-state index contributed by atoms with van der Waals surface area (Å²) in [5.74, 6) is -0.159. The van der Waals surface area contributed by atoms with Crippen molar-refractivity contribution in [1.82, 2.24) is 14.7 Å². The van der Waals surface area contributed by atoms with E-state index in [2.05, 4.69) is 5.10 Å². The van der Waals surface area contributed by atoms with Gasteiger partial charge >= 0.3 is 0 Å². The van der Waals surface area contributed by atoms with Gasteiger partial charge in [0.15, 0.2) is 0 Å². The fourth-order valence-corrected chi connectivity index (χ4v) is 4.43. The van der Waals surface area contributed by atoms with Crippen LogP contribution >= 0.6 is 0 Å². The second-order valence-corrected chi connectivity index (χ2v) is 7.24. The maximum Gasteiger partial charge on any atom is 0.275 e. The van der Waals surface area contributed by atoms with Crippen LogP contribution in [0, 0.1) is 0 Å². The van der Waals surface area contributed by atoms with Crippen LogP contribution < -0.4 is 5.56 Å². The number of likely N-dealkylation sites (tertiary alicyclic amines) is 1. The van der Waals surface area contributed by atoms with Gasteiger partial charge in [0.1, 0.15) is 6.54 Å². The first-order valence-corrected chi connectivity index (χ1v) is 9.01. The first-order valence-electron chi connectivity index (χ1n) is 9.01. The average Bonchev–Trinajstić information content (AvgIpc) is 3.03. The molecule has 2 aliphatic rings. The fourth-order valence-electron chi connectivity index (χ4n) is 4.43. The van der Waals surface area contributed by atoms with Crippen LogP contribution in [0.2, 0.25) is 0 Å². The Morgan fingerprint density at radius 1 is 1.38 bits per heavy atom. The quantitative estimate of drug-likeness (QED) is 0.883. The summed E-state index contributed by atoms with van der Waals surface area (Å²) in [6.45, 7) is 0.475. The molecule has 138 valence electrons. The molecule has 1 aromatic carbocycles. The number of rotatable bonds is 3. The van der Waals surface area contributed by atoms with Crippen LogP contribution in [0.25, 0.3) is 10.8 Å². The molecule has 1 N–H and O–H groups in total. The van der Waals surface area contributed by atoms with Crippen molar-refractivity contribution in [3.05, 3.63) is 40.8 Å². The van der Waals surface area contributed by atoms with Gasteiger partial charge in [-0.2, -0.15) is 5.10 Å². The molecule has 1 aliphatic carbocycles. The number of nitrogens with zero attached hydrogens (tertiary/aromatic N) is 3. The Hall–Kier alpha value is -2.25. The normalized spacial score (nSPS) is 28.3. The molecule has 3 atom stereocenters. The van der Waals surface area contributed by atoms with Crippen molar-refractivity contribution in [2.24, 2.45) is 0 Å². The smallest absolute Gasteiger partial charge is 0.275 e. The van der Waals surface area contributed by atoms with Gasteiger partial charge in [0.25, 0.3) is 5.56 Å². The predicted octanol–water partition coefficient (Wildman–Crippen LogP) is 0.927. The molecular weight excluding hydrogens is 334 g/mol. The highest BCUT2D eigenvalue weighted by Gasteiger charge is 2.52. The van der Waals surface area contributed by atoms with Gasteiger partial charge in [-0.3, -0.25) is 9.59 Å². The first kappa shape index (κ1) is 17.2. The van der Waals surface area contributed by atoms with E-state index in [0.29, 0.717) is 24.8 Å². The van der Waals surface area contributed by atoms with Crippen molar-refractivity contribution in [3.63, 3.8) is 0 Å². The number of fused-ring (bicyclic) bond motifs is 2. The summed E-state index contributed by atoms with van der Waals surface area (Å²) in [5, 5.41) is 15.5. The van der Waals surface area contributed by atoms with Crippen molar-refractivity contribution in [2.75, 3.05) is 13.7 Å². The second-order valence-electron chi connectivity index (χ2n) is 7.24. The van der Waals surface area contributed by atoms with E-state index in [-0.39, 0.29) is 29.7 Å². The molecule has 1 aromatic heterocycles. The summed E-state index contributed by atoms with van der Waals surface area (Å²) >= 11 is 0. The molecule has 2 fully saturated rings. The third-order valence-corrected chi connectivity index (χ3v) is 5.93. The Bertz CT molecular complexity index is 896. The molecule has 1 saturated heterocycles. The molecule has 0 bridgehead atoms. The number of aromatic nitrogens is 2. The predicted molar refractivity (Wildman–Crippen MR) is 95.7 cm³/mol. The summed E-state index contributed by atoms with van der Waals surface area (Å²) in [6, 6.07) is 7.06. The summed E-state index contributed by atoms with van der Waals surface area (Å²) in [7, 11) is 1.67. The Morgan fingerprint density at radius 2 is 2.19 bits per heavy atom. The van der Waals surface area contributed by atoms with Crippen molar-refractivity contribution < 1.29 is 14.6 Å². The SMILES string of the molecule is CO[C@]12CC[C@H](O)C[C@H]1N(C(=O)Cn1ncc3ccccc3c1=O)CC2. The standard InChI is InChI=1S/C19H23N3O4/c1-26-19-7-6-14(23)10-16(19)21(9-8-19)17(24)12-22-18(25)15-5-3-2-4-13(15)11-20-22/h2-5,11,14,16,23H,6-10,12H2,1H3/t14-,16+,19-/m0/s1. The van der Waals surface area contributed by atoms with Crippen LogP contribution in [-0.2, 0) is 16.1 Å². The van der Waals surface area contributed by atoms with Crippen LogP contribution in [0.15, 0.2) is 35.3 Å². The summed E-state index contributed by atoms with van der Waals surface area (Å²) in [4.78, 5) is 27.3. The molecule has 0 spiro atoms. The van der Waals surface area contributed by atoms with E-state index in [1.807, 2.05) is 12.1 Å². The number of aliphatic hydroxyl groups is 1. The second kappa shape index (κ2) is 6.48. The Labute approximate surface area is 151 Å². The lowest BCUT2D eigenvalue weighted by atomic mass is 9.79. The van der Waals surface area contributed by atoms with Gasteiger partial charge in [-0.05, 0) is 31.7 Å². The van der Waals surface area contributed by atoms with Crippen LogP contribution in [0.3, 0.4) is 0 Å². The number of methoxy groups -OCH3 is 1. The molecule has 1 saturated carbocycles. The lowest BCUT2D eigenvalue weighted by molar-refractivity contribution is -0.140. The zero-order valence-electron chi connectivity index (χ0n) is 14.8. The van der Waals surface area contributed by atoms with Crippen molar-refractivity contribution in [1.29, 1.82) is 0 Å². The summed E-state index contributed by atoms with van der Waals surface area (Å²) in [5.41, 5.74) is -0.645. The van der Waals surface area contributed by atoms with E-state index in [4.69, 9.17) is 4.74 Å². The number of hydrogen-bond acceptors (Lipinski definition) is 5. The highest BCUT2D eigenvalue weighted by molar-refractivity contribution is 5.81. The Balaban J connectivity index is 1.59. The van der Waals surface area contributed by atoms with Crippen LogP contribution in [0.5, 0.6) is 0 Å². The van der Waals surface area contributed by atoms with E-state index in [9.17, 15) is 14.7 Å². The lowest BCUT2D eigenvalue weighted by Crippen LogP contribution is -2.53. The molecule has 26 heavy (non-hydrogen) atoms. The number of hydrogen-bond donors (Lipinski definition) is 1. The van der Waals surface area contributed by atoms with Gasteiger partial charge in [-0.1, -0.05) is 18.2 Å². The van der Waals surface area contributed by atoms with E-state index >= 15 is 0 Å². The number of carbonyl (C=O) groups excluding carboxylic acids is 1. The van der Waals surface area contributed by atoms with Crippen LogP contribution in [-0.4, -0.2) is 57.1 Å². The lowest BCUT2D eigenvalue weighted by Gasteiger charge is -2.42. The van der Waals surface area contributed by atoms with Gasteiger partial charge < -0.3 is 14.7 Å². The highest BCUT2D eigenvalue weighted by Crippen LogP contribution is 2.42. The number of amides is 1. The van der Waals surface area contributed by atoms with Crippen molar-refractivity contribution in [3.8, 4) is 0 Å². The number of ether oxygens (including phenoxy) is 1. The number of aliphatic hydroxyl groups excluding tert-OH is 1. The van der Waals surface area contributed by atoms with E-state index in [0.717, 1.165) is 18.2 Å². The Kier molecular flexibility index (Phi) is 4.28. The molecule has 1 amide bonds. The third-order valence-electron chi connectivity index (χ3n) is 5.93. The zero-order chi connectivity index (χ0) is 18.3. The topological polar surface area (TPSA) is 84.7 Å². The minimum atomic E-state index is -0.418. The van der Waals surface area contributed by atoms with Crippen molar-refractivity contribution in [2.45, 2.75) is 50.0 Å². The van der Waals surface area contributed by atoms with Crippen molar-refractivity contribution >= 4 is 16.7 Å². The number of benzene rings is 1. The molecule has 2 heterocycles. The summed E-state index contributed by atoms with van der Waals surface area (Å²) < 4.78 is 6.99. The molecule has 7 nitrogen and oxygen atoms in total. The van der Waals surface area contributed by atoms with Gasteiger partial charge in [0.05, 0.1) is 29.3 Å². The summed E-state index contributed by atoms with van der Waals surface area (Å²) in [6.07, 6.45) is 3.90. The molecule has 0 radical (unpaired) electrons. The number of carbonyl (C=O) groups is 1. The molecule has 0 unspecified atom stereocenters. The van der Waals surface area contributed by atoms with E-state index in [1.165, 1.54) is 4.68 Å². The van der Waals surface area contributed by atoms with Gasteiger partial charge in [-0.25, -0.2) is 4.68 Å². The molecule has 7 heteroatoms. The van der Waals surface area contributed by atoms with Gasteiger partial charge in [-0.15, -0.1) is 0 Å². The minimum absolute atomic E-state index is 0.101. The van der Waals surface area contributed by atoms with E-state index < -0.39 is 6.10 Å². The monoisotopic (exact) mass is 357 g/mol. The maximum absolute atomic E-state index is 12.9. The van der Waals surface area contributed by atoms with Crippen LogP contribution in [0.4, 0.5) is 0 Å². The van der Waals surface area contributed by atoms with Gasteiger partial charge in [0, 0.05) is 19.0 Å².